The van der Waals surface area contributed by atoms with Gasteiger partial charge >= 0.3 is 6.03 Å². The number of nitrogens with one attached hydrogen (secondary N) is 2. The monoisotopic (exact) mass is 290 g/mol. The topological polar surface area (TPSA) is 87.1 Å². The third kappa shape index (κ3) is 2.50. The summed E-state index contributed by atoms with van der Waals surface area (Å²) in [6.45, 7) is 0.183. The highest BCUT2D eigenvalue weighted by atomic mass is 32.1. The van der Waals surface area contributed by atoms with Gasteiger partial charge < -0.3 is 10.4 Å². The van der Waals surface area contributed by atoms with Gasteiger partial charge in [0.25, 0.3) is 0 Å². The first-order chi connectivity index (χ1) is 9.67. The Morgan fingerprint density at radius 3 is 3.10 bits per heavy atom. The summed E-state index contributed by atoms with van der Waals surface area (Å²) in [7, 11) is 0. The Morgan fingerprint density at radius 2 is 2.30 bits per heavy atom. The molecule has 1 aromatic heterocycles. The van der Waals surface area contributed by atoms with E-state index in [0.717, 1.165) is 29.1 Å². The predicted octanol–water partition coefficient (Wildman–Crippen LogP) is 1.49. The molecule has 0 radical (unpaired) electrons. The molecule has 1 aromatic carbocycles. The van der Waals surface area contributed by atoms with Crippen molar-refractivity contribution >= 4 is 22.6 Å². The number of rotatable bonds is 3. The number of benzene rings is 1. The molecule has 20 heavy (non-hydrogen) atoms. The van der Waals surface area contributed by atoms with Crippen molar-refractivity contribution in [2.24, 2.45) is 0 Å². The number of aromatic nitrogens is 2. The van der Waals surface area contributed by atoms with Crippen LogP contribution in [0.3, 0.4) is 0 Å². The highest BCUT2D eigenvalue weighted by molar-refractivity contribution is 7.10. The van der Waals surface area contributed by atoms with Crippen LogP contribution in [0, 0.1) is 0 Å². The number of amides is 2. The summed E-state index contributed by atoms with van der Waals surface area (Å²) in [4.78, 5) is 11.7. The summed E-state index contributed by atoms with van der Waals surface area (Å²) < 4.78 is 3.66. The highest BCUT2D eigenvalue weighted by Crippen LogP contribution is 2.36. The Kier molecular flexibility index (Phi) is 3.37. The van der Waals surface area contributed by atoms with E-state index in [1.807, 2.05) is 24.3 Å². The van der Waals surface area contributed by atoms with Crippen LogP contribution >= 0.6 is 11.5 Å². The minimum absolute atomic E-state index is 0.183. The quantitative estimate of drug-likeness (QED) is 0.799. The molecule has 0 aliphatic heterocycles. The van der Waals surface area contributed by atoms with Gasteiger partial charge in [-0.3, -0.25) is 5.32 Å². The maximum Gasteiger partial charge on any atom is 0.320 e. The van der Waals surface area contributed by atoms with Crippen LogP contribution < -0.4 is 10.6 Å². The first-order valence-electron chi connectivity index (χ1n) is 6.30. The van der Waals surface area contributed by atoms with E-state index < -0.39 is 5.60 Å². The number of nitrogens with zero attached hydrogens (tertiary/aromatic N) is 2. The summed E-state index contributed by atoms with van der Waals surface area (Å²) in [5.41, 5.74) is 1.06. The van der Waals surface area contributed by atoms with Crippen LogP contribution in [0.25, 0.3) is 0 Å². The highest BCUT2D eigenvalue weighted by Gasteiger charge is 2.36. The van der Waals surface area contributed by atoms with Gasteiger partial charge in [-0.1, -0.05) is 28.8 Å². The fraction of sp³-hybridized carbons (Fsp3) is 0.308. The van der Waals surface area contributed by atoms with Crippen LogP contribution in [0.1, 0.15) is 17.5 Å². The fourth-order valence-corrected chi connectivity index (χ4v) is 2.87. The average molecular weight is 290 g/mol. The Bertz CT molecular complexity index is 617. The number of anilines is 1. The fourth-order valence-electron chi connectivity index (χ4n) is 2.46. The average Bonchev–Trinajstić information content (AvgIpc) is 3.07. The summed E-state index contributed by atoms with van der Waals surface area (Å²) in [5.74, 6) is 0. The number of hydrogen-bond acceptors (Lipinski definition) is 5. The number of carbonyl (C=O) groups is 1. The maximum absolute atomic E-state index is 11.7. The first kappa shape index (κ1) is 13.0. The van der Waals surface area contributed by atoms with Crippen LogP contribution in [0.4, 0.5) is 9.80 Å². The molecule has 0 saturated heterocycles. The molecule has 1 aliphatic rings. The van der Waals surface area contributed by atoms with Gasteiger partial charge in [0, 0.05) is 11.5 Å². The number of aliphatic hydroxyl groups is 1. The van der Waals surface area contributed by atoms with Gasteiger partial charge in [0.15, 0.2) is 0 Å². The number of urea groups is 1. The molecule has 1 aliphatic carbocycles. The molecule has 1 atom stereocenters. The van der Waals surface area contributed by atoms with Crippen molar-refractivity contribution in [2.75, 3.05) is 11.9 Å². The zero-order valence-electron chi connectivity index (χ0n) is 10.7. The Balaban J connectivity index is 1.62. The number of carbonyl (C=O) groups excluding carboxylic acids is 1. The lowest BCUT2D eigenvalue weighted by molar-refractivity contribution is 0.0417. The molecular formula is C13H14N4O2S. The van der Waals surface area contributed by atoms with Crippen molar-refractivity contribution in [1.82, 2.24) is 14.9 Å². The Labute approximate surface area is 120 Å². The standard InChI is InChI=1S/C13H14N4O2S/c18-12(16-11-7-15-17-20-11)14-8-13(19)6-5-9-3-1-2-4-10(9)13/h1-4,7,19H,5-6,8H2,(H2,14,16,18). The first-order valence-corrected chi connectivity index (χ1v) is 7.08. The molecule has 7 heteroatoms. The van der Waals surface area contributed by atoms with E-state index in [1.165, 1.54) is 6.20 Å². The molecule has 2 amide bonds. The van der Waals surface area contributed by atoms with E-state index >= 15 is 0 Å². The van der Waals surface area contributed by atoms with Gasteiger partial charge in [-0.15, -0.1) is 5.10 Å². The summed E-state index contributed by atoms with van der Waals surface area (Å²) in [6.07, 6.45) is 2.92. The SMILES string of the molecule is O=C(NCC1(O)CCc2ccccc21)Nc1cnns1. The third-order valence-corrected chi connectivity index (χ3v) is 4.05. The second kappa shape index (κ2) is 5.18. The molecule has 1 heterocycles. The molecule has 104 valence electrons. The Morgan fingerprint density at radius 1 is 1.45 bits per heavy atom. The van der Waals surface area contributed by atoms with Crippen LogP contribution in [0.2, 0.25) is 0 Å². The van der Waals surface area contributed by atoms with Gasteiger partial charge in [0.05, 0.1) is 12.7 Å². The van der Waals surface area contributed by atoms with Crippen molar-refractivity contribution in [3.05, 3.63) is 41.6 Å². The van der Waals surface area contributed by atoms with Crippen LogP contribution in [0.15, 0.2) is 30.5 Å². The van der Waals surface area contributed by atoms with E-state index in [9.17, 15) is 9.90 Å². The molecule has 0 saturated carbocycles. The lowest BCUT2D eigenvalue weighted by atomic mass is 9.96. The zero-order valence-corrected chi connectivity index (χ0v) is 11.5. The van der Waals surface area contributed by atoms with Gasteiger partial charge in [-0.2, -0.15) is 0 Å². The number of hydrogen-bond donors (Lipinski definition) is 3. The molecule has 6 nitrogen and oxygen atoms in total. The predicted molar refractivity (Wildman–Crippen MR) is 75.6 cm³/mol. The van der Waals surface area contributed by atoms with E-state index in [2.05, 4.69) is 20.2 Å². The largest absolute Gasteiger partial charge is 0.383 e. The normalized spacial score (nSPS) is 20.4. The molecule has 0 spiro atoms. The maximum atomic E-state index is 11.7. The van der Waals surface area contributed by atoms with Gasteiger partial charge in [0.2, 0.25) is 0 Å². The van der Waals surface area contributed by atoms with Gasteiger partial charge in [-0.05, 0) is 24.0 Å². The summed E-state index contributed by atoms with van der Waals surface area (Å²) in [5, 5.41) is 20.2. The second-order valence-electron chi connectivity index (χ2n) is 4.78. The van der Waals surface area contributed by atoms with Crippen LogP contribution in [0.5, 0.6) is 0 Å². The molecule has 0 fully saturated rings. The van der Waals surface area contributed by atoms with Crippen molar-refractivity contribution in [3.8, 4) is 0 Å². The van der Waals surface area contributed by atoms with E-state index in [0.29, 0.717) is 11.4 Å². The summed E-state index contributed by atoms with van der Waals surface area (Å²) >= 11 is 1.10. The number of fused-ring (bicyclic) bond motifs is 1. The lowest BCUT2D eigenvalue weighted by Crippen LogP contribution is -2.41. The second-order valence-corrected chi connectivity index (χ2v) is 5.56. The molecule has 3 N–H and O–H groups in total. The van der Waals surface area contributed by atoms with Crippen molar-refractivity contribution in [3.63, 3.8) is 0 Å². The van der Waals surface area contributed by atoms with Crippen molar-refractivity contribution in [2.45, 2.75) is 18.4 Å². The molecular weight excluding hydrogens is 276 g/mol. The molecule has 1 unspecified atom stereocenters. The van der Waals surface area contributed by atoms with Crippen molar-refractivity contribution < 1.29 is 9.90 Å². The Hall–Kier alpha value is -1.99. The molecule has 0 bridgehead atoms. The zero-order chi connectivity index (χ0) is 14.0. The molecule has 3 rings (SSSR count). The van der Waals surface area contributed by atoms with E-state index in [-0.39, 0.29) is 12.6 Å². The van der Waals surface area contributed by atoms with Gasteiger partial charge in [-0.25, -0.2) is 4.79 Å². The van der Waals surface area contributed by atoms with Crippen LogP contribution in [-0.4, -0.2) is 27.3 Å². The minimum atomic E-state index is -0.986. The van der Waals surface area contributed by atoms with E-state index in [1.54, 1.807) is 0 Å². The number of aryl methyl sites for hydroxylation is 1. The smallest absolute Gasteiger partial charge is 0.320 e. The van der Waals surface area contributed by atoms with Crippen molar-refractivity contribution in [1.29, 1.82) is 0 Å². The molecule has 2 aromatic rings. The third-order valence-electron chi connectivity index (χ3n) is 3.47. The lowest BCUT2D eigenvalue weighted by Gasteiger charge is -2.24. The summed E-state index contributed by atoms with van der Waals surface area (Å²) in [6, 6.07) is 7.42. The van der Waals surface area contributed by atoms with E-state index in [4.69, 9.17) is 0 Å². The minimum Gasteiger partial charge on any atom is -0.383 e. The van der Waals surface area contributed by atoms with Gasteiger partial charge in [0.1, 0.15) is 10.6 Å². The van der Waals surface area contributed by atoms with Crippen LogP contribution in [-0.2, 0) is 12.0 Å².